The Kier molecular flexibility index (Phi) is 9.62. The smallest absolute Gasteiger partial charge is 0.412 e. The van der Waals surface area contributed by atoms with Crippen LogP contribution in [0.4, 0.5) is 10.5 Å². The lowest BCUT2D eigenvalue weighted by Gasteiger charge is -2.37. The number of aryl methyl sites for hydroxylation is 1. The van der Waals surface area contributed by atoms with E-state index in [1.807, 2.05) is 45.0 Å². The molecule has 1 aliphatic heterocycles. The van der Waals surface area contributed by atoms with E-state index in [0.717, 1.165) is 54.7 Å². The van der Waals surface area contributed by atoms with Gasteiger partial charge in [-0.25, -0.2) is 4.79 Å². The van der Waals surface area contributed by atoms with Crippen LogP contribution in [-0.4, -0.2) is 45.5 Å². The Balaban J connectivity index is 1.13. The number of carboxylic acid groups (broad SMARTS) is 1. The first-order chi connectivity index (χ1) is 20.2. The molecule has 5 rings (SSSR count). The highest BCUT2D eigenvalue weighted by Crippen LogP contribution is 2.41. The Labute approximate surface area is 251 Å². The predicted molar refractivity (Wildman–Crippen MR) is 170 cm³/mol. The number of fused-ring (bicyclic) bond motifs is 2. The molecule has 0 radical (unpaired) electrons. The van der Waals surface area contributed by atoms with Gasteiger partial charge in [-0.05, 0) is 83.5 Å². The summed E-state index contributed by atoms with van der Waals surface area (Å²) in [5.41, 5.74) is 3.24. The van der Waals surface area contributed by atoms with Crippen LogP contribution >= 0.6 is 0 Å². The normalized spacial score (nSPS) is 18.3. The fourth-order valence-corrected chi connectivity index (χ4v) is 7.01. The number of ketones is 1. The van der Waals surface area contributed by atoms with E-state index < -0.39 is 11.6 Å². The summed E-state index contributed by atoms with van der Waals surface area (Å²) in [5, 5.41) is 11.0. The zero-order valence-corrected chi connectivity index (χ0v) is 25.6. The fraction of sp³-hybridized carbons (Fsp3) is 0.528. The summed E-state index contributed by atoms with van der Waals surface area (Å²) in [6.45, 7) is 9.10. The van der Waals surface area contributed by atoms with Crippen molar-refractivity contribution in [1.82, 2.24) is 9.88 Å². The van der Waals surface area contributed by atoms with E-state index in [4.69, 9.17) is 4.98 Å². The van der Waals surface area contributed by atoms with E-state index in [9.17, 15) is 14.7 Å². The number of likely N-dealkylation sites (tertiary alicyclic amines) is 1. The van der Waals surface area contributed by atoms with Gasteiger partial charge in [-0.2, -0.15) is 0 Å². The lowest BCUT2D eigenvalue weighted by atomic mass is 9.80. The Hall–Kier alpha value is -3.25. The van der Waals surface area contributed by atoms with E-state index >= 15 is 0 Å². The molecule has 1 aliphatic carbocycles. The summed E-state index contributed by atoms with van der Waals surface area (Å²) in [5.74, 6) is 0.847. The van der Waals surface area contributed by atoms with Crippen LogP contribution in [0, 0.1) is 11.8 Å². The highest BCUT2D eigenvalue weighted by atomic mass is 16.4. The van der Waals surface area contributed by atoms with Crippen LogP contribution < -0.4 is 4.90 Å². The molecule has 6 heteroatoms. The summed E-state index contributed by atoms with van der Waals surface area (Å²) < 4.78 is 0. The Morgan fingerprint density at radius 3 is 2.29 bits per heavy atom. The molecule has 2 heterocycles. The van der Waals surface area contributed by atoms with Crippen molar-refractivity contribution in [3.63, 3.8) is 0 Å². The number of carbonyl (C=O) groups excluding carboxylic acids is 1. The number of aromatic nitrogens is 1. The molecule has 2 aromatic carbocycles. The Morgan fingerprint density at radius 1 is 0.929 bits per heavy atom. The zero-order valence-electron chi connectivity index (χ0n) is 25.6. The van der Waals surface area contributed by atoms with E-state index in [2.05, 4.69) is 35.2 Å². The molecule has 1 saturated heterocycles. The van der Waals surface area contributed by atoms with Gasteiger partial charge < -0.3 is 5.11 Å². The van der Waals surface area contributed by atoms with Crippen molar-refractivity contribution in [2.45, 2.75) is 97.1 Å². The number of unbranched alkanes of at least 4 members (excludes halogenated alkanes) is 3. The molecule has 0 spiro atoms. The summed E-state index contributed by atoms with van der Waals surface area (Å²) >= 11 is 0. The molecule has 0 saturated carbocycles. The average Bonchev–Trinajstić information content (AvgIpc) is 2.96. The number of carbonyl (C=O) groups is 2. The third kappa shape index (κ3) is 7.03. The Bertz CT molecular complexity index is 1370. The number of benzene rings is 2. The standard InChI is InChI=1S/C36H47N3O3/c1-36(2,3)39(35(41)42)33-29-17-11-12-18-30(29)37-31-20-19-28(34(40)32(31)33)16-10-5-4-7-13-26-21-23-38(24-22-26)25-27-14-8-6-9-15-27/h6,8-9,11-12,14-15,17-18,26,28H,4-5,7,10,13,16,19-25H2,1-3H3,(H,41,42). The van der Waals surface area contributed by atoms with Gasteiger partial charge in [0.1, 0.15) is 0 Å². The minimum absolute atomic E-state index is 0.0660. The molecule has 1 fully saturated rings. The second-order valence-electron chi connectivity index (χ2n) is 13.4. The molecule has 1 atom stereocenters. The average molecular weight is 570 g/mol. The van der Waals surface area contributed by atoms with Gasteiger partial charge in [0, 0.05) is 23.4 Å². The topological polar surface area (TPSA) is 73.7 Å². The van der Waals surface area contributed by atoms with E-state index in [1.54, 1.807) is 0 Å². The first-order valence-corrected chi connectivity index (χ1v) is 16.0. The van der Waals surface area contributed by atoms with E-state index in [-0.39, 0.29) is 11.7 Å². The molecule has 6 nitrogen and oxygen atoms in total. The number of pyridine rings is 1. The number of piperidine rings is 1. The van der Waals surface area contributed by atoms with Crippen LogP contribution in [-0.2, 0) is 13.0 Å². The van der Waals surface area contributed by atoms with Gasteiger partial charge in [0.25, 0.3) is 0 Å². The molecule has 1 amide bonds. The van der Waals surface area contributed by atoms with Crippen LogP contribution in [0.25, 0.3) is 10.9 Å². The molecule has 1 unspecified atom stereocenters. The molecule has 224 valence electrons. The van der Waals surface area contributed by atoms with E-state index in [0.29, 0.717) is 17.7 Å². The number of hydrogen-bond donors (Lipinski definition) is 1. The molecular formula is C36H47N3O3. The molecule has 1 aromatic heterocycles. The maximum absolute atomic E-state index is 13.9. The summed E-state index contributed by atoms with van der Waals surface area (Å²) in [4.78, 5) is 35.3. The third-order valence-electron chi connectivity index (χ3n) is 9.24. The number of amides is 1. The SMILES string of the molecule is CC(C)(C)N(C(=O)O)c1c2c(nc3ccccc13)CCC(CCCCCCC1CCN(Cc3ccccc3)CC1)C2=O. The number of nitrogens with zero attached hydrogens (tertiary/aromatic N) is 3. The lowest BCUT2D eigenvalue weighted by Crippen LogP contribution is -2.46. The minimum Gasteiger partial charge on any atom is -0.465 e. The first kappa shape index (κ1) is 30.2. The van der Waals surface area contributed by atoms with Crippen molar-refractivity contribution < 1.29 is 14.7 Å². The third-order valence-corrected chi connectivity index (χ3v) is 9.24. The Morgan fingerprint density at radius 2 is 1.60 bits per heavy atom. The van der Waals surface area contributed by atoms with Crippen LogP contribution in [0.15, 0.2) is 54.6 Å². The molecule has 3 aromatic rings. The van der Waals surface area contributed by atoms with Gasteiger partial charge in [0.2, 0.25) is 0 Å². The van der Waals surface area contributed by atoms with Gasteiger partial charge in [0.15, 0.2) is 5.78 Å². The largest absolute Gasteiger partial charge is 0.465 e. The van der Waals surface area contributed by atoms with Crippen molar-refractivity contribution in [2.75, 3.05) is 18.0 Å². The lowest BCUT2D eigenvalue weighted by molar-refractivity contribution is 0.0892. The second-order valence-corrected chi connectivity index (χ2v) is 13.4. The number of Topliss-reactive ketones (excluding diaryl/α,β-unsaturated/α-hetero) is 1. The molecule has 0 bridgehead atoms. The van der Waals surface area contributed by atoms with E-state index in [1.165, 1.54) is 55.7 Å². The summed E-state index contributed by atoms with van der Waals surface area (Å²) in [6.07, 6.45) is 9.92. The number of hydrogen-bond acceptors (Lipinski definition) is 4. The molecule has 2 aliphatic rings. The number of rotatable bonds is 10. The van der Waals surface area contributed by atoms with Gasteiger partial charge >= 0.3 is 6.09 Å². The predicted octanol–water partition coefficient (Wildman–Crippen LogP) is 8.52. The van der Waals surface area contributed by atoms with Gasteiger partial charge in [0.05, 0.1) is 22.5 Å². The van der Waals surface area contributed by atoms with Crippen molar-refractivity contribution >= 4 is 28.5 Å². The molecule has 42 heavy (non-hydrogen) atoms. The quantitative estimate of drug-likeness (QED) is 0.248. The van der Waals surface area contributed by atoms with Crippen molar-refractivity contribution in [3.05, 3.63) is 71.4 Å². The highest BCUT2D eigenvalue weighted by molar-refractivity contribution is 6.14. The second kappa shape index (κ2) is 13.4. The molecular weight excluding hydrogens is 522 g/mol. The fourth-order valence-electron chi connectivity index (χ4n) is 7.01. The van der Waals surface area contributed by atoms with Gasteiger partial charge in [-0.1, -0.05) is 80.6 Å². The van der Waals surface area contributed by atoms with Gasteiger partial charge in [-0.3, -0.25) is 19.6 Å². The number of para-hydroxylation sites is 1. The molecule has 1 N–H and O–H groups in total. The van der Waals surface area contributed by atoms with Crippen molar-refractivity contribution in [3.8, 4) is 0 Å². The van der Waals surface area contributed by atoms with Crippen molar-refractivity contribution in [1.29, 1.82) is 0 Å². The van der Waals surface area contributed by atoms with Crippen LogP contribution in [0.3, 0.4) is 0 Å². The van der Waals surface area contributed by atoms with Crippen molar-refractivity contribution in [2.24, 2.45) is 11.8 Å². The summed E-state index contributed by atoms with van der Waals surface area (Å²) in [7, 11) is 0. The maximum Gasteiger partial charge on any atom is 0.412 e. The number of anilines is 1. The van der Waals surface area contributed by atoms with Crippen LogP contribution in [0.5, 0.6) is 0 Å². The summed E-state index contributed by atoms with van der Waals surface area (Å²) in [6, 6.07) is 18.4. The maximum atomic E-state index is 13.9. The van der Waals surface area contributed by atoms with Crippen LogP contribution in [0.2, 0.25) is 0 Å². The monoisotopic (exact) mass is 569 g/mol. The highest BCUT2D eigenvalue weighted by Gasteiger charge is 2.38. The first-order valence-electron chi connectivity index (χ1n) is 16.0. The minimum atomic E-state index is -1.04. The van der Waals surface area contributed by atoms with Crippen LogP contribution in [0.1, 0.15) is 100 Å². The zero-order chi connectivity index (χ0) is 29.7. The van der Waals surface area contributed by atoms with Gasteiger partial charge in [-0.15, -0.1) is 0 Å².